The zero-order valence-corrected chi connectivity index (χ0v) is 11.4. The predicted octanol–water partition coefficient (Wildman–Crippen LogP) is 2.01. The highest BCUT2D eigenvalue weighted by atomic mass is 16.5. The molecule has 0 aliphatic rings. The molecule has 0 atom stereocenters. The zero-order chi connectivity index (χ0) is 13.8. The summed E-state index contributed by atoms with van der Waals surface area (Å²) in [4.78, 5) is 15.5. The molecule has 0 aliphatic heterocycles. The average molecular weight is 259 g/mol. The number of nitrogens with zero attached hydrogens (tertiary/aromatic N) is 3. The van der Waals surface area contributed by atoms with Crippen LogP contribution in [0.3, 0.4) is 0 Å². The van der Waals surface area contributed by atoms with Crippen LogP contribution < -0.4 is 4.74 Å². The Kier molecular flexibility index (Phi) is 3.94. The maximum absolute atomic E-state index is 11.0. The van der Waals surface area contributed by atoms with E-state index in [4.69, 9.17) is 4.74 Å². The van der Waals surface area contributed by atoms with E-state index in [1.54, 1.807) is 18.7 Å². The number of ketones is 1. The second-order valence-corrected chi connectivity index (χ2v) is 4.38. The van der Waals surface area contributed by atoms with Gasteiger partial charge in [-0.15, -0.1) is 0 Å². The van der Waals surface area contributed by atoms with Crippen molar-refractivity contribution >= 4 is 5.78 Å². The number of para-hydroxylation sites is 1. The van der Waals surface area contributed by atoms with Gasteiger partial charge in [0.15, 0.2) is 11.6 Å². The molecule has 2 rings (SSSR count). The fraction of sp³-hybridized carbons (Fsp3) is 0.357. The molecule has 0 spiro atoms. The molecular formula is C14H17N3O2. The summed E-state index contributed by atoms with van der Waals surface area (Å²) in [5, 5.41) is 4.33. The van der Waals surface area contributed by atoms with Gasteiger partial charge < -0.3 is 9.53 Å². The van der Waals surface area contributed by atoms with E-state index >= 15 is 0 Å². The van der Waals surface area contributed by atoms with Crippen LogP contribution in [0.5, 0.6) is 5.75 Å². The number of aryl methyl sites for hydroxylation is 2. The lowest BCUT2D eigenvalue weighted by Crippen LogP contribution is -1.97. The number of hydrogen-bond acceptors (Lipinski definition) is 4. The van der Waals surface area contributed by atoms with Gasteiger partial charge in [0.25, 0.3) is 0 Å². The molecule has 1 heterocycles. The van der Waals surface area contributed by atoms with Gasteiger partial charge in [-0.25, -0.2) is 9.67 Å². The van der Waals surface area contributed by atoms with E-state index in [2.05, 4.69) is 10.1 Å². The zero-order valence-electron chi connectivity index (χ0n) is 11.4. The molecule has 0 N–H and O–H groups in total. The Balaban J connectivity index is 2.32. The molecule has 1 aromatic carbocycles. The van der Waals surface area contributed by atoms with Gasteiger partial charge in [0.05, 0.1) is 12.7 Å². The average Bonchev–Trinajstić information content (AvgIpc) is 2.77. The van der Waals surface area contributed by atoms with Gasteiger partial charge in [0.1, 0.15) is 11.5 Å². The summed E-state index contributed by atoms with van der Waals surface area (Å²) in [7, 11) is 3.47. The molecule has 0 fully saturated rings. The summed E-state index contributed by atoms with van der Waals surface area (Å²) in [6, 6.07) is 7.67. The van der Waals surface area contributed by atoms with E-state index in [1.165, 1.54) is 0 Å². The molecule has 5 nitrogen and oxygen atoms in total. The molecule has 0 radical (unpaired) electrons. The van der Waals surface area contributed by atoms with Crippen molar-refractivity contribution in [1.82, 2.24) is 14.8 Å². The van der Waals surface area contributed by atoms with Gasteiger partial charge in [-0.05, 0) is 19.1 Å². The predicted molar refractivity (Wildman–Crippen MR) is 72.0 cm³/mol. The first-order valence-electron chi connectivity index (χ1n) is 6.14. The Hall–Kier alpha value is -2.17. The highest BCUT2D eigenvalue weighted by Crippen LogP contribution is 2.27. The normalized spacial score (nSPS) is 10.5. The standard InChI is InChI=1S/C14H17N3O2/c1-10(18)8-9-13-15-14(17(2)16-13)11-6-4-5-7-12(11)19-3/h4-7H,8-9H2,1-3H3. The number of hydrogen-bond donors (Lipinski definition) is 0. The number of rotatable bonds is 5. The van der Waals surface area contributed by atoms with Gasteiger partial charge in [-0.3, -0.25) is 0 Å². The SMILES string of the molecule is COc1ccccc1-c1nc(CCC(C)=O)nn1C. The topological polar surface area (TPSA) is 57.0 Å². The van der Waals surface area contributed by atoms with Crippen LogP contribution in [0, 0.1) is 0 Å². The van der Waals surface area contributed by atoms with Crippen molar-refractivity contribution in [3.05, 3.63) is 30.1 Å². The summed E-state index contributed by atoms with van der Waals surface area (Å²) < 4.78 is 7.04. The Labute approximate surface area is 112 Å². The quantitative estimate of drug-likeness (QED) is 0.824. The number of Topliss-reactive ketones (excluding diaryl/α,β-unsaturated/α-hetero) is 1. The molecular weight excluding hydrogens is 242 g/mol. The van der Waals surface area contributed by atoms with E-state index < -0.39 is 0 Å². The molecule has 100 valence electrons. The van der Waals surface area contributed by atoms with E-state index in [-0.39, 0.29) is 5.78 Å². The van der Waals surface area contributed by atoms with Crippen LogP contribution in [0.15, 0.2) is 24.3 Å². The molecule has 0 saturated heterocycles. The maximum atomic E-state index is 11.0. The first-order chi connectivity index (χ1) is 9.11. The molecule has 0 unspecified atom stereocenters. The van der Waals surface area contributed by atoms with Crippen LogP contribution in [0.25, 0.3) is 11.4 Å². The van der Waals surface area contributed by atoms with Crippen LogP contribution in [0.1, 0.15) is 19.2 Å². The van der Waals surface area contributed by atoms with Gasteiger partial charge in [0, 0.05) is 19.9 Å². The van der Waals surface area contributed by atoms with Gasteiger partial charge in [0.2, 0.25) is 0 Å². The third-order valence-corrected chi connectivity index (χ3v) is 2.86. The lowest BCUT2D eigenvalue weighted by atomic mass is 10.2. The second-order valence-electron chi connectivity index (χ2n) is 4.38. The fourth-order valence-electron chi connectivity index (χ4n) is 1.90. The lowest BCUT2D eigenvalue weighted by Gasteiger charge is -2.06. The monoisotopic (exact) mass is 259 g/mol. The number of carbonyl (C=O) groups is 1. The Morgan fingerprint density at radius 1 is 1.37 bits per heavy atom. The van der Waals surface area contributed by atoms with Gasteiger partial charge in [-0.2, -0.15) is 5.10 Å². The van der Waals surface area contributed by atoms with Crippen LogP contribution in [0.2, 0.25) is 0 Å². The molecule has 19 heavy (non-hydrogen) atoms. The first kappa shape index (κ1) is 13.3. The third kappa shape index (κ3) is 2.99. The van der Waals surface area contributed by atoms with Crippen LogP contribution in [0.4, 0.5) is 0 Å². The van der Waals surface area contributed by atoms with Gasteiger partial charge >= 0.3 is 0 Å². The smallest absolute Gasteiger partial charge is 0.161 e. The molecule has 5 heteroatoms. The number of benzene rings is 1. The number of carbonyl (C=O) groups excluding carboxylic acids is 1. The summed E-state index contributed by atoms with van der Waals surface area (Å²) in [6.07, 6.45) is 1.04. The fourth-order valence-corrected chi connectivity index (χ4v) is 1.90. The van der Waals surface area contributed by atoms with E-state index in [9.17, 15) is 4.79 Å². The molecule has 0 amide bonds. The lowest BCUT2D eigenvalue weighted by molar-refractivity contribution is -0.117. The number of ether oxygens (including phenoxy) is 1. The molecule has 0 saturated carbocycles. The minimum atomic E-state index is 0.145. The highest BCUT2D eigenvalue weighted by Gasteiger charge is 2.13. The molecule has 2 aromatic rings. The number of methoxy groups -OCH3 is 1. The number of aromatic nitrogens is 3. The molecule has 1 aromatic heterocycles. The Morgan fingerprint density at radius 3 is 2.79 bits per heavy atom. The molecule has 0 aliphatic carbocycles. The van der Waals surface area contributed by atoms with Crippen molar-refractivity contribution in [2.75, 3.05) is 7.11 Å². The minimum Gasteiger partial charge on any atom is -0.496 e. The first-order valence-corrected chi connectivity index (χ1v) is 6.14. The van der Waals surface area contributed by atoms with Crippen molar-refractivity contribution in [2.24, 2.45) is 7.05 Å². The summed E-state index contributed by atoms with van der Waals surface area (Å²) in [5.74, 6) is 2.33. The summed E-state index contributed by atoms with van der Waals surface area (Å²) in [5.41, 5.74) is 0.897. The summed E-state index contributed by atoms with van der Waals surface area (Å²) >= 11 is 0. The summed E-state index contributed by atoms with van der Waals surface area (Å²) in [6.45, 7) is 1.57. The maximum Gasteiger partial charge on any atom is 0.161 e. The van der Waals surface area contributed by atoms with E-state index in [1.807, 2.05) is 31.3 Å². The second kappa shape index (κ2) is 5.65. The highest BCUT2D eigenvalue weighted by molar-refractivity contribution is 5.75. The van der Waals surface area contributed by atoms with Gasteiger partial charge in [-0.1, -0.05) is 12.1 Å². The van der Waals surface area contributed by atoms with Crippen molar-refractivity contribution in [1.29, 1.82) is 0 Å². The van der Waals surface area contributed by atoms with Crippen molar-refractivity contribution in [3.8, 4) is 17.1 Å². The third-order valence-electron chi connectivity index (χ3n) is 2.86. The Bertz CT molecular complexity index is 590. The van der Waals surface area contributed by atoms with Crippen molar-refractivity contribution in [2.45, 2.75) is 19.8 Å². The van der Waals surface area contributed by atoms with Crippen LogP contribution in [-0.2, 0) is 18.3 Å². The van der Waals surface area contributed by atoms with E-state index in [0.717, 1.165) is 17.1 Å². The minimum absolute atomic E-state index is 0.145. The van der Waals surface area contributed by atoms with Crippen LogP contribution in [-0.4, -0.2) is 27.7 Å². The van der Waals surface area contributed by atoms with Crippen LogP contribution >= 0.6 is 0 Å². The van der Waals surface area contributed by atoms with E-state index in [0.29, 0.717) is 18.7 Å². The largest absolute Gasteiger partial charge is 0.496 e. The Morgan fingerprint density at radius 2 is 2.11 bits per heavy atom. The van der Waals surface area contributed by atoms with Crippen molar-refractivity contribution < 1.29 is 9.53 Å². The molecule has 0 bridgehead atoms. The van der Waals surface area contributed by atoms with Crippen molar-refractivity contribution in [3.63, 3.8) is 0 Å².